The molecule has 0 atom stereocenters. The number of nitrogens with zero attached hydrogens (tertiary/aromatic N) is 3. The lowest BCUT2D eigenvalue weighted by atomic mass is 9.94. The van der Waals surface area contributed by atoms with E-state index in [2.05, 4.69) is 182 Å². The van der Waals surface area contributed by atoms with Gasteiger partial charge in [-0.15, -0.1) is 34.0 Å². The maximum atomic E-state index is 5.33. The standard InChI is InChI=1S/C57H33N3S3/c1-2-11-34(12-3-1)55-58-56(39-14-10-13-35(27-39)36-21-24-52-46(31-36)43-15-4-7-18-49(43)61-52)60-57(59-55)42-29-40(37-22-25-53-47(32-37)44-16-5-8-19-50(44)62-53)28-41(30-42)38-23-26-54-48(33-38)45-17-6-9-20-51(45)63-54/h1-33H. The van der Waals surface area contributed by atoms with Crippen LogP contribution in [0.2, 0.25) is 0 Å². The molecule has 4 heterocycles. The summed E-state index contributed by atoms with van der Waals surface area (Å²) in [7, 11) is 0. The van der Waals surface area contributed by atoms with Crippen molar-refractivity contribution < 1.29 is 0 Å². The molecule has 0 saturated heterocycles. The molecule has 0 spiro atoms. The molecule has 9 aromatic carbocycles. The second-order valence-electron chi connectivity index (χ2n) is 16.0. The van der Waals surface area contributed by atoms with Crippen molar-refractivity contribution in [3.05, 3.63) is 200 Å². The van der Waals surface area contributed by atoms with Crippen molar-refractivity contribution in [2.75, 3.05) is 0 Å². The van der Waals surface area contributed by atoms with Crippen LogP contribution in [0.1, 0.15) is 0 Å². The van der Waals surface area contributed by atoms with Crippen LogP contribution in [0.5, 0.6) is 0 Å². The number of fused-ring (bicyclic) bond motifs is 9. The minimum atomic E-state index is 0.627. The van der Waals surface area contributed by atoms with Crippen LogP contribution in [0.4, 0.5) is 0 Å². The lowest BCUT2D eigenvalue weighted by molar-refractivity contribution is 1.07. The van der Waals surface area contributed by atoms with Gasteiger partial charge in [-0.05, 0) is 112 Å². The molecule has 6 heteroatoms. The summed E-state index contributed by atoms with van der Waals surface area (Å²) >= 11 is 5.52. The Hall–Kier alpha value is -7.35. The average molecular weight is 856 g/mol. The molecular formula is C57H33N3S3. The zero-order valence-electron chi connectivity index (χ0n) is 33.6. The van der Waals surface area contributed by atoms with Gasteiger partial charge < -0.3 is 0 Å². The van der Waals surface area contributed by atoms with Gasteiger partial charge in [0.1, 0.15) is 0 Å². The van der Waals surface area contributed by atoms with Crippen LogP contribution in [-0.2, 0) is 0 Å². The van der Waals surface area contributed by atoms with E-state index in [9.17, 15) is 0 Å². The van der Waals surface area contributed by atoms with Gasteiger partial charge in [0.2, 0.25) is 0 Å². The molecule has 13 rings (SSSR count). The predicted molar refractivity (Wildman–Crippen MR) is 271 cm³/mol. The Balaban J connectivity index is 1.00. The van der Waals surface area contributed by atoms with Crippen molar-refractivity contribution in [2.45, 2.75) is 0 Å². The van der Waals surface area contributed by atoms with Crippen molar-refractivity contribution in [3.8, 4) is 67.5 Å². The van der Waals surface area contributed by atoms with Gasteiger partial charge >= 0.3 is 0 Å². The van der Waals surface area contributed by atoms with E-state index >= 15 is 0 Å². The maximum Gasteiger partial charge on any atom is 0.164 e. The Bertz CT molecular complexity index is 3800. The van der Waals surface area contributed by atoms with Crippen molar-refractivity contribution in [2.24, 2.45) is 0 Å². The molecule has 4 aromatic heterocycles. The van der Waals surface area contributed by atoms with Crippen molar-refractivity contribution in [3.63, 3.8) is 0 Å². The SMILES string of the molecule is c1ccc(-c2nc(-c3cccc(-c4ccc5sc6ccccc6c5c4)c3)nc(-c3cc(-c4ccc5sc6ccccc6c5c4)cc(-c4ccc5sc6ccccc6c5c4)c3)n2)cc1. The average Bonchev–Trinajstić information content (AvgIpc) is 4.04. The monoisotopic (exact) mass is 855 g/mol. The highest BCUT2D eigenvalue weighted by atomic mass is 32.1. The number of aromatic nitrogens is 3. The third-order valence-electron chi connectivity index (χ3n) is 12.1. The summed E-state index contributed by atoms with van der Waals surface area (Å²) < 4.78 is 7.76. The third kappa shape index (κ3) is 6.33. The molecule has 0 unspecified atom stereocenters. The molecule has 63 heavy (non-hydrogen) atoms. The highest BCUT2D eigenvalue weighted by molar-refractivity contribution is 7.26. The normalized spacial score (nSPS) is 11.8. The quantitative estimate of drug-likeness (QED) is 0.167. The molecule has 0 aliphatic rings. The van der Waals surface area contributed by atoms with Crippen molar-refractivity contribution in [1.82, 2.24) is 15.0 Å². The largest absolute Gasteiger partial charge is 0.208 e. The Kier molecular flexibility index (Phi) is 8.44. The van der Waals surface area contributed by atoms with E-state index in [0.717, 1.165) is 50.1 Å². The number of rotatable bonds is 6. The van der Waals surface area contributed by atoms with Gasteiger partial charge in [0.25, 0.3) is 0 Å². The fraction of sp³-hybridized carbons (Fsp3) is 0. The summed E-state index contributed by atoms with van der Waals surface area (Å²) in [6, 6.07) is 72.3. The second-order valence-corrected chi connectivity index (χ2v) is 19.2. The maximum absolute atomic E-state index is 5.33. The van der Waals surface area contributed by atoms with Crippen LogP contribution in [0.25, 0.3) is 128 Å². The molecule has 0 aliphatic heterocycles. The fourth-order valence-corrected chi connectivity index (χ4v) is 12.3. The molecule has 0 bridgehead atoms. The molecule has 13 aromatic rings. The van der Waals surface area contributed by atoms with E-state index in [0.29, 0.717) is 17.5 Å². The summed E-state index contributed by atoms with van der Waals surface area (Å²) in [4.78, 5) is 15.8. The molecular weight excluding hydrogens is 823 g/mol. The summed E-state index contributed by atoms with van der Waals surface area (Å²) in [5, 5.41) is 7.67. The smallest absolute Gasteiger partial charge is 0.164 e. The van der Waals surface area contributed by atoms with E-state index in [1.54, 1.807) is 0 Å². The Morgan fingerprint density at radius 1 is 0.206 bits per heavy atom. The number of hydrogen-bond acceptors (Lipinski definition) is 6. The molecule has 0 aliphatic carbocycles. The number of benzene rings is 9. The van der Waals surface area contributed by atoms with Crippen LogP contribution >= 0.6 is 34.0 Å². The number of hydrogen-bond donors (Lipinski definition) is 0. The molecule has 0 N–H and O–H groups in total. The zero-order chi connectivity index (χ0) is 41.4. The van der Waals surface area contributed by atoms with Crippen LogP contribution in [0.15, 0.2) is 200 Å². The van der Waals surface area contributed by atoms with Gasteiger partial charge in [0.15, 0.2) is 17.5 Å². The van der Waals surface area contributed by atoms with Gasteiger partial charge in [-0.3, -0.25) is 0 Å². The summed E-state index contributed by atoms with van der Waals surface area (Å²) in [5.74, 6) is 1.89. The zero-order valence-corrected chi connectivity index (χ0v) is 36.1. The summed E-state index contributed by atoms with van der Waals surface area (Å²) in [6.07, 6.45) is 0. The lowest BCUT2D eigenvalue weighted by Gasteiger charge is -2.13. The van der Waals surface area contributed by atoms with Crippen molar-refractivity contribution in [1.29, 1.82) is 0 Å². The van der Waals surface area contributed by atoms with Gasteiger partial charge in [0.05, 0.1) is 0 Å². The Morgan fingerprint density at radius 3 is 1.05 bits per heavy atom. The van der Waals surface area contributed by atoms with Gasteiger partial charge in [-0.1, -0.05) is 121 Å². The first-order valence-corrected chi connectivity index (χ1v) is 23.4. The van der Waals surface area contributed by atoms with Crippen LogP contribution < -0.4 is 0 Å². The summed E-state index contributed by atoms with van der Waals surface area (Å²) in [6.45, 7) is 0. The van der Waals surface area contributed by atoms with Crippen LogP contribution in [0, 0.1) is 0 Å². The summed E-state index contributed by atoms with van der Waals surface area (Å²) in [5.41, 5.74) is 9.60. The fourth-order valence-electron chi connectivity index (χ4n) is 9.00. The Labute approximate surface area is 374 Å². The molecule has 0 amide bonds. The first-order chi connectivity index (χ1) is 31.1. The first kappa shape index (κ1) is 36.3. The van der Waals surface area contributed by atoms with Gasteiger partial charge in [-0.2, -0.15) is 0 Å². The van der Waals surface area contributed by atoms with E-state index in [1.165, 1.54) is 60.5 Å². The lowest BCUT2D eigenvalue weighted by Crippen LogP contribution is -2.00. The van der Waals surface area contributed by atoms with E-state index in [-0.39, 0.29) is 0 Å². The van der Waals surface area contributed by atoms with Crippen LogP contribution in [-0.4, -0.2) is 15.0 Å². The Morgan fingerprint density at radius 2 is 0.540 bits per heavy atom. The second kappa shape index (κ2) is 14.6. The van der Waals surface area contributed by atoms with Gasteiger partial charge in [0, 0.05) is 77.2 Å². The third-order valence-corrected chi connectivity index (χ3v) is 15.6. The predicted octanol–water partition coefficient (Wildman–Crippen LogP) is 17.0. The molecule has 294 valence electrons. The van der Waals surface area contributed by atoms with E-state index in [4.69, 9.17) is 15.0 Å². The highest BCUT2D eigenvalue weighted by Crippen LogP contribution is 2.42. The number of thiophene rings is 3. The van der Waals surface area contributed by atoms with E-state index < -0.39 is 0 Å². The van der Waals surface area contributed by atoms with E-state index in [1.807, 2.05) is 52.2 Å². The highest BCUT2D eigenvalue weighted by Gasteiger charge is 2.17. The molecule has 3 nitrogen and oxygen atoms in total. The molecule has 0 saturated carbocycles. The first-order valence-electron chi connectivity index (χ1n) is 21.0. The molecule has 0 radical (unpaired) electrons. The van der Waals surface area contributed by atoms with Gasteiger partial charge in [-0.25, -0.2) is 15.0 Å². The minimum Gasteiger partial charge on any atom is -0.208 e. The molecule has 0 fully saturated rings. The minimum absolute atomic E-state index is 0.627. The topological polar surface area (TPSA) is 38.7 Å². The van der Waals surface area contributed by atoms with Crippen molar-refractivity contribution >= 4 is 94.5 Å². The van der Waals surface area contributed by atoms with Crippen LogP contribution in [0.3, 0.4) is 0 Å².